The zero-order valence-corrected chi connectivity index (χ0v) is 10.6. The number of hydrogen-bond acceptors (Lipinski definition) is 2. The Morgan fingerprint density at radius 2 is 1.65 bits per heavy atom. The summed E-state index contributed by atoms with van der Waals surface area (Å²) in [5, 5.41) is 11.8. The first-order chi connectivity index (χ1) is 9.75. The van der Waals surface area contributed by atoms with E-state index in [0.717, 1.165) is 10.4 Å². The first-order valence-electron chi connectivity index (χ1n) is 6.22. The fraction of sp³-hybridized carbons (Fsp3) is 0. The molecule has 0 aliphatic heterocycles. The molecule has 0 fully saturated rings. The van der Waals surface area contributed by atoms with Gasteiger partial charge in [-0.3, -0.25) is 9.36 Å². The van der Waals surface area contributed by atoms with Gasteiger partial charge in [0.2, 0.25) is 5.69 Å². The van der Waals surface area contributed by atoms with Gasteiger partial charge in [0.1, 0.15) is 0 Å². The number of hydrogen-bond donors (Lipinski definition) is 0. The lowest BCUT2D eigenvalue weighted by Gasteiger charge is -2.08. The minimum Gasteiger partial charge on any atom is -0.618 e. The average Bonchev–Trinajstić information content (AvgIpc) is 2.49. The van der Waals surface area contributed by atoms with E-state index in [2.05, 4.69) is 0 Å². The molecule has 1 aromatic carbocycles. The van der Waals surface area contributed by atoms with Gasteiger partial charge in [-0.25, -0.2) is 0 Å². The lowest BCUT2D eigenvalue weighted by Crippen LogP contribution is -2.28. The van der Waals surface area contributed by atoms with Gasteiger partial charge < -0.3 is 5.21 Å². The van der Waals surface area contributed by atoms with Crippen LogP contribution in [0, 0.1) is 5.21 Å². The van der Waals surface area contributed by atoms with Gasteiger partial charge in [0.05, 0.1) is 5.56 Å². The Hall–Kier alpha value is -2.88. The van der Waals surface area contributed by atoms with Crippen molar-refractivity contribution in [2.75, 3.05) is 0 Å². The van der Waals surface area contributed by atoms with Crippen molar-refractivity contribution in [1.29, 1.82) is 0 Å². The Balaban J connectivity index is 2.18. The van der Waals surface area contributed by atoms with E-state index < -0.39 is 0 Å². The molecule has 0 unspecified atom stereocenters. The molecule has 0 aliphatic carbocycles. The van der Waals surface area contributed by atoms with Crippen molar-refractivity contribution in [1.82, 2.24) is 4.57 Å². The topological polar surface area (TPSA) is 48.9 Å². The highest BCUT2D eigenvalue weighted by Crippen LogP contribution is 2.14. The maximum Gasteiger partial charge on any atom is 0.255 e. The summed E-state index contributed by atoms with van der Waals surface area (Å²) in [7, 11) is 0. The van der Waals surface area contributed by atoms with Crippen molar-refractivity contribution in [3.63, 3.8) is 0 Å². The van der Waals surface area contributed by atoms with E-state index in [1.54, 1.807) is 30.5 Å². The minimum absolute atomic E-state index is 0.131. The van der Waals surface area contributed by atoms with Gasteiger partial charge in [0, 0.05) is 30.1 Å². The summed E-state index contributed by atoms with van der Waals surface area (Å²) in [5.74, 6) is 0. The highest BCUT2D eigenvalue weighted by Gasteiger charge is 2.09. The maximum atomic E-state index is 12.0. The Kier molecular flexibility index (Phi) is 3.05. The predicted molar refractivity (Wildman–Crippen MR) is 76.4 cm³/mol. The fourth-order valence-electron chi connectivity index (χ4n) is 2.08. The number of benzene rings is 1. The fourth-order valence-corrected chi connectivity index (χ4v) is 2.08. The number of rotatable bonds is 2. The molecule has 0 saturated carbocycles. The quantitative estimate of drug-likeness (QED) is 0.526. The molecule has 0 spiro atoms. The largest absolute Gasteiger partial charge is 0.618 e. The van der Waals surface area contributed by atoms with E-state index in [0.29, 0.717) is 11.3 Å². The lowest BCUT2D eigenvalue weighted by molar-refractivity contribution is -0.593. The van der Waals surface area contributed by atoms with E-state index in [9.17, 15) is 10.0 Å². The smallest absolute Gasteiger partial charge is 0.255 e. The second kappa shape index (κ2) is 5.01. The number of aromatic nitrogens is 2. The minimum atomic E-state index is -0.131. The summed E-state index contributed by atoms with van der Waals surface area (Å²) in [6.45, 7) is 0. The summed E-state index contributed by atoms with van der Waals surface area (Å²) in [6.07, 6.45) is 3.12. The number of para-hydroxylation sites is 1. The standard InChI is InChI=1S/C16H12N2O2/c19-16-10-9-13(15-8-4-5-11-18(15)20)12-17(16)14-6-2-1-3-7-14/h1-12H. The lowest BCUT2D eigenvalue weighted by atomic mass is 10.2. The molecule has 3 aromatic rings. The second-order valence-corrected chi connectivity index (χ2v) is 4.37. The van der Waals surface area contributed by atoms with Crippen LogP contribution in [0.2, 0.25) is 0 Å². The Morgan fingerprint density at radius 3 is 2.40 bits per heavy atom. The van der Waals surface area contributed by atoms with Crippen LogP contribution in [0.4, 0.5) is 0 Å². The van der Waals surface area contributed by atoms with Crippen LogP contribution < -0.4 is 10.3 Å². The third-order valence-corrected chi connectivity index (χ3v) is 3.07. The Labute approximate surface area is 115 Å². The summed E-state index contributed by atoms with van der Waals surface area (Å²) in [4.78, 5) is 12.0. The van der Waals surface area contributed by atoms with Crippen molar-refractivity contribution in [2.24, 2.45) is 0 Å². The molecule has 0 radical (unpaired) electrons. The molecule has 4 nitrogen and oxygen atoms in total. The molecule has 0 amide bonds. The van der Waals surface area contributed by atoms with Crippen LogP contribution in [0.5, 0.6) is 0 Å². The van der Waals surface area contributed by atoms with Crippen LogP contribution in [-0.4, -0.2) is 4.57 Å². The first-order valence-corrected chi connectivity index (χ1v) is 6.22. The van der Waals surface area contributed by atoms with E-state index >= 15 is 0 Å². The van der Waals surface area contributed by atoms with Crippen LogP contribution in [-0.2, 0) is 0 Å². The van der Waals surface area contributed by atoms with E-state index in [4.69, 9.17) is 0 Å². The van der Waals surface area contributed by atoms with Gasteiger partial charge in [-0.1, -0.05) is 18.2 Å². The van der Waals surface area contributed by atoms with Crippen molar-refractivity contribution in [3.8, 4) is 16.9 Å². The molecule has 0 saturated heterocycles. The Morgan fingerprint density at radius 1 is 0.900 bits per heavy atom. The van der Waals surface area contributed by atoms with Gasteiger partial charge >= 0.3 is 0 Å². The zero-order valence-electron chi connectivity index (χ0n) is 10.6. The molecular weight excluding hydrogens is 252 g/mol. The van der Waals surface area contributed by atoms with Crippen molar-refractivity contribution >= 4 is 0 Å². The molecule has 0 N–H and O–H groups in total. The molecule has 0 aliphatic rings. The SMILES string of the molecule is O=c1ccc(-c2cccc[n+]2[O-])cn1-c1ccccc1. The molecule has 0 atom stereocenters. The molecule has 2 heterocycles. The van der Waals surface area contributed by atoms with E-state index in [1.807, 2.05) is 30.3 Å². The van der Waals surface area contributed by atoms with E-state index in [-0.39, 0.29) is 5.56 Å². The predicted octanol–water partition coefficient (Wildman–Crippen LogP) is 2.14. The Bertz CT molecular complexity index is 795. The van der Waals surface area contributed by atoms with Crippen LogP contribution in [0.15, 0.2) is 77.9 Å². The molecule has 3 rings (SSSR count). The highest BCUT2D eigenvalue weighted by atomic mass is 16.5. The van der Waals surface area contributed by atoms with Gasteiger partial charge in [-0.05, 0) is 24.3 Å². The molecule has 98 valence electrons. The molecule has 20 heavy (non-hydrogen) atoms. The van der Waals surface area contributed by atoms with Crippen LogP contribution in [0.25, 0.3) is 16.9 Å². The molecular formula is C16H12N2O2. The number of nitrogens with zero attached hydrogens (tertiary/aromatic N) is 2. The molecule has 2 aromatic heterocycles. The molecule has 0 bridgehead atoms. The van der Waals surface area contributed by atoms with Gasteiger partial charge in [-0.15, -0.1) is 0 Å². The number of pyridine rings is 2. The average molecular weight is 264 g/mol. The van der Waals surface area contributed by atoms with Crippen molar-refractivity contribution in [2.45, 2.75) is 0 Å². The van der Waals surface area contributed by atoms with Gasteiger partial charge in [0.25, 0.3) is 5.56 Å². The van der Waals surface area contributed by atoms with Crippen LogP contribution in [0.3, 0.4) is 0 Å². The third-order valence-electron chi connectivity index (χ3n) is 3.07. The second-order valence-electron chi connectivity index (χ2n) is 4.37. The summed E-state index contributed by atoms with van der Waals surface area (Å²) < 4.78 is 2.32. The van der Waals surface area contributed by atoms with Crippen LogP contribution in [0.1, 0.15) is 0 Å². The van der Waals surface area contributed by atoms with Gasteiger partial charge in [0.15, 0.2) is 6.20 Å². The summed E-state index contributed by atoms with van der Waals surface area (Å²) >= 11 is 0. The normalized spacial score (nSPS) is 10.4. The van der Waals surface area contributed by atoms with E-state index in [1.165, 1.54) is 16.8 Å². The van der Waals surface area contributed by atoms with Crippen molar-refractivity contribution < 1.29 is 4.73 Å². The maximum absolute atomic E-state index is 12.0. The van der Waals surface area contributed by atoms with Crippen molar-refractivity contribution in [3.05, 3.63) is 88.6 Å². The first kappa shape index (κ1) is 12.2. The van der Waals surface area contributed by atoms with Crippen LogP contribution >= 0.6 is 0 Å². The zero-order chi connectivity index (χ0) is 13.9. The summed E-state index contributed by atoms with van der Waals surface area (Å²) in [6, 6.07) is 17.6. The summed E-state index contributed by atoms with van der Waals surface area (Å²) in [5.41, 5.74) is 1.85. The molecule has 4 heteroatoms. The third kappa shape index (κ3) is 2.19. The highest BCUT2D eigenvalue weighted by molar-refractivity contribution is 5.55. The monoisotopic (exact) mass is 264 g/mol. The van der Waals surface area contributed by atoms with Gasteiger partial charge in [-0.2, -0.15) is 4.73 Å².